The number of ether oxygens (including phenoxy) is 1. The van der Waals surface area contributed by atoms with Gasteiger partial charge in [0.1, 0.15) is 11.6 Å². The van der Waals surface area contributed by atoms with Crippen molar-refractivity contribution in [2.45, 2.75) is 11.4 Å². The van der Waals surface area contributed by atoms with Crippen LogP contribution in [0.1, 0.15) is 5.56 Å². The average Bonchev–Trinajstić information content (AvgIpc) is 2.87. The minimum atomic E-state index is -3.42. The third-order valence-electron chi connectivity index (χ3n) is 5.05. The average molecular weight is 413 g/mol. The number of nitrogens with zero attached hydrogens (tertiary/aromatic N) is 2. The van der Waals surface area contributed by atoms with Gasteiger partial charge in [0.05, 0.1) is 29.9 Å². The van der Waals surface area contributed by atoms with Crippen molar-refractivity contribution in [2.24, 2.45) is 0 Å². The molecule has 1 aliphatic rings. The van der Waals surface area contributed by atoms with Crippen molar-refractivity contribution >= 4 is 32.2 Å². The summed E-state index contributed by atoms with van der Waals surface area (Å²) in [5, 5.41) is 13.4. The predicted octanol–water partition coefficient (Wildman–Crippen LogP) is 2.44. The number of pyridine rings is 1. The number of hydrogen-bond donors (Lipinski definition) is 2. The van der Waals surface area contributed by atoms with Crippen LogP contribution < -0.4 is 15.0 Å². The molecule has 1 aromatic heterocycles. The summed E-state index contributed by atoms with van der Waals surface area (Å²) in [6.45, 7) is 1.21. The van der Waals surface area contributed by atoms with E-state index in [2.05, 4.69) is 5.32 Å². The minimum Gasteiger partial charge on any atom is -0.497 e. The molecule has 4 rings (SSSR count). The minimum absolute atomic E-state index is 0.00107. The predicted molar refractivity (Wildman–Crippen MR) is 113 cm³/mol. The number of aromatic nitrogens is 1. The molecule has 0 fully saturated rings. The van der Waals surface area contributed by atoms with Crippen LogP contribution in [0.4, 0.5) is 11.5 Å². The van der Waals surface area contributed by atoms with Gasteiger partial charge < -0.3 is 20.1 Å². The number of anilines is 2. The molecule has 0 spiro atoms. The fourth-order valence-electron chi connectivity index (χ4n) is 3.56. The molecular formula is C21H23N3O4S. The van der Waals surface area contributed by atoms with Crippen molar-refractivity contribution in [3.8, 4) is 5.75 Å². The largest absolute Gasteiger partial charge is 0.497 e. The Hall–Kier alpha value is -2.84. The van der Waals surface area contributed by atoms with E-state index in [1.165, 1.54) is 7.11 Å². The Morgan fingerprint density at radius 3 is 2.83 bits per heavy atom. The highest BCUT2D eigenvalue weighted by Crippen LogP contribution is 2.32. The lowest BCUT2D eigenvalue weighted by Crippen LogP contribution is -2.26. The number of sulfone groups is 1. The monoisotopic (exact) mass is 413 g/mol. The van der Waals surface area contributed by atoms with E-state index >= 15 is 0 Å². The Kier molecular flexibility index (Phi) is 5.29. The van der Waals surface area contributed by atoms with E-state index < -0.39 is 9.84 Å². The number of benzene rings is 2. The fourth-order valence-corrected chi connectivity index (χ4v) is 5.07. The molecule has 29 heavy (non-hydrogen) atoms. The first-order chi connectivity index (χ1) is 14.0. The van der Waals surface area contributed by atoms with E-state index in [9.17, 15) is 13.5 Å². The first kappa shape index (κ1) is 19.5. The quantitative estimate of drug-likeness (QED) is 0.664. The molecule has 2 heterocycles. The molecule has 8 heteroatoms. The van der Waals surface area contributed by atoms with Crippen molar-refractivity contribution in [3.05, 3.63) is 54.1 Å². The van der Waals surface area contributed by atoms with Crippen LogP contribution in [0.5, 0.6) is 5.75 Å². The summed E-state index contributed by atoms with van der Waals surface area (Å²) in [7, 11) is -1.89. The van der Waals surface area contributed by atoms with Gasteiger partial charge in [-0.05, 0) is 23.8 Å². The smallest absolute Gasteiger partial charge is 0.180 e. The lowest BCUT2D eigenvalue weighted by molar-refractivity contribution is 0.311. The topological polar surface area (TPSA) is 91.8 Å². The van der Waals surface area contributed by atoms with E-state index in [0.717, 1.165) is 22.2 Å². The number of rotatable bonds is 5. The van der Waals surface area contributed by atoms with Crippen LogP contribution in [-0.2, 0) is 16.4 Å². The number of para-hydroxylation sites is 1. The molecule has 152 valence electrons. The summed E-state index contributed by atoms with van der Waals surface area (Å²) >= 11 is 0. The third kappa shape index (κ3) is 3.86. The van der Waals surface area contributed by atoms with Crippen molar-refractivity contribution < 1.29 is 18.3 Å². The molecule has 0 atom stereocenters. The van der Waals surface area contributed by atoms with E-state index in [1.807, 2.05) is 35.2 Å². The molecule has 2 N–H and O–H groups in total. The van der Waals surface area contributed by atoms with Gasteiger partial charge in [-0.2, -0.15) is 0 Å². The van der Waals surface area contributed by atoms with Crippen LogP contribution in [0.15, 0.2) is 53.4 Å². The van der Waals surface area contributed by atoms with Crippen LogP contribution in [0.3, 0.4) is 0 Å². The first-order valence-corrected chi connectivity index (χ1v) is 11.1. The number of fused-ring (bicyclic) bond motifs is 2. The lowest BCUT2D eigenvalue weighted by Gasteiger charge is -2.23. The lowest BCUT2D eigenvalue weighted by atomic mass is 10.1. The molecule has 3 aromatic rings. The highest BCUT2D eigenvalue weighted by Gasteiger charge is 2.27. The molecule has 0 unspecified atom stereocenters. The molecule has 2 aromatic carbocycles. The van der Waals surface area contributed by atoms with Gasteiger partial charge in [0.15, 0.2) is 9.84 Å². The maximum atomic E-state index is 12.8. The van der Waals surface area contributed by atoms with Crippen LogP contribution in [0.2, 0.25) is 0 Å². The first-order valence-electron chi connectivity index (χ1n) is 9.41. The van der Waals surface area contributed by atoms with Gasteiger partial charge in [0.2, 0.25) is 0 Å². The van der Waals surface area contributed by atoms with Gasteiger partial charge in [0.25, 0.3) is 0 Å². The molecular weight excluding hydrogens is 390 g/mol. The maximum absolute atomic E-state index is 12.8. The van der Waals surface area contributed by atoms with Gasteiger partial charge >= 0.3 is 0 Å². The Morgan fingerprint density at radius 2 is 2.03 bits per heavy atom. The highest BCUT2D eigenvalue weighted by molar-refractivity contribution is 7.91. The van der Waals surface area contributed by atoms with Gasteiger partial charge in [-0.15, -0.1) is 0 Å². The van der Waals surface area contributed by atoms with E-state index in [1.54, 1.807) is 18.2 Å². The number of hydrogen-bond acceptors (Lipinski definition) is 7. The van der Waals surface area contributed by atoms with Gasteiger partial charge in [-0.1, -0.05) is 24.3 Å². The van der Waals surface area contributed by atoms with Crippen molar-refractivity contribution in [1.29, 1.82) is 0 Å². The molecule has 0 bridgehead atoms. The Bertz CT molecular complexity index is 1150. The zero-order valence-electron chi connectivity index (χ0n) is 16.1. The van der Waals surface area contributed by atoms with E-state index in [4.69, 9.17) is 9.72 Å². The van der Waals surface area contributed by atoms with Gasteiger partial charge in [0, 0.05) is 36.8 Å². The third-order valence-corrected chi connectivity index (χ3v) is 6.82. The van der Waals surface area contributed by atoms with Crippen LogP contribution in [-0.4, -0.2) is 51.1 Å². The second-order valence-electron chi connectivity index (χ2n) is 6.91. The molecule has 0 radical (unpaired) electrons. The second kappa shape index (κ2) is 7.88. The Balaban J connectivity index is 1.77. The zero-order valence-corrected chi connectivity index (χ0v) is 16.9. The Labute approximate surface area is 169 Å². The SMILES string of the molecule is COc1ccc2c(c1)S(=O)(=O)CCN(c1cc(NCCO)c3ccccc3n1)C2. The summed E-state index contributed by atoms with van der Waals surface area (Å²) < 4.78 is 30.8. The number of aliphatic hydroxyl groups is 1. The van der Waals surface area contributed by atoms with E-state index in [-0.39, 0.29) is 12.4 Å². The summed E-state index contributed by atoms with van der Waals surface area (Å²) in [5.74, 6) is 1.23. The molecule has 0 aliphatic carbocycles. The fraction of sp³-hybridized carbons (Fsp3) is 0.286. The summed E-state index contributed by atoms with van der Waals surface area (Å²) in [6, 6.07) is 14.8. The number of nitrogens with one attached hydrogen (secondary N) is 1. The van der Waals surface area contributed by atoms with Crippen LogP contribution in [0.25, 0.3) is 10.9 Å². The molecule has 0 saturated heterocycles. The normalized spacial score (nSPS) is 15.6. The standard InChI is InChI=1S/C21H23N3O4S/c1-28-16-7-6-15-14-24(9-11-29(26,27)20(15)12-16)21-13-19(22-8-10-25)17-4-2-3-5-18(17)23-21/h2-7,12-13,25H,8-11,14H2,1H3,(H,22,23). The molecule has 0 amide bonds. The molecule has 0 saturated carbocycles. The van der Waals surface area contributed by atoms with Crippen molar-refractivity contribution in [1.82, 2.24) is 4.98 Å². The number of aliphatic hydroxyl groups excluding tert-OH is 1. The highest BCUT2D eigenvalue weighted by atomic mass is 32.2. The maximum Gasteiger partial charge on any atom is 0.180 e. The van der Waals surface area contributed by atoms with Crippen LogP contribution >= 0.6 is 0 Å². The van der Waals surface area contributed by atoms with Crippen molar-refractivity contribution in [2.75, 3.05) is 42.8 Å². The summed E-state index contributed by atoms with van der Waals surface area (Å²) in [4.78, 5) is 7.06. The van der Waals surface area contributed by atoms with Gasteiger partial charge in [-0.3, -0.25) is 0 Å². The van der Waals surface area contributed by atoms with E-state index in [0.29, 0.717) is 36.1 Å². The Morgan fingerprint density at radius 1 is 1.21 bits per heavy atom. The molecule has 1 aliphatic heterocycles. The second-order valence-corrected chi connectivity index (χ2v) is 8.99. The zero-order chi connectivity index (χ0) is 20.4. The summed E-state index contributed by atoms with van der Waals surface area (Å²) in [5.41, 5.74) is 2.40. The number of methoxy groups -OCH3 is 1. The van der Waals surface area contributed by atoms with Crippen molar-refractivity contribution in [3.63, 3.8) is 0 Å². The summed E-state index contributed by atoms with van der Waals surface area (Å²) in [6.07, 6.45) is 0. The van der Waals surface area contributed by atoms with Crippen LogP contribution in [0, 0.1) is 0 Å². The van der Waals surface area contributed by atoms with Gasteiger partial charge in [-0.25, -0.2) is 13.4 Å². The molecule has 7 nitrogen and oxygen atoms in total.